The molecule has 0 unspecified atom stereocenters. The molecular formula is C12H19N5. The van der Waals surface area contributed by atoms with Crippen molar-refractivity contribution in [3.05, 3.63) is 17.0 Å². The molecule has 1 aliphatic carbocycles. The molecule has 0 saturated carbocycles. The lowest BCUT2D eigenvalue weighted by molar-refractivity contribution is 0.604. The first-order valence-electron chi connectivity index (χ1n) is 6.13. The highest BCUT2D eigenvalue weighted by Crippen LogP contribution is 2.22. The average molecular weight is 233 g/mol. The third-order valence-electron chi connectivity index (χ3n) is 3.11. The number of fused-ring (bicyclic) bond motifs is 1. The van der Waals surface area contributed by atoms with Crippen LogP contribution in [0, 0.1) is 6.92 Å². The maximum Gasteiger partial charge on any atom is 0.253 e. The van der Waals surface area contributed by atoms with Gasteiger partial charge in [-0.05, 0) is 38.2 Å². The van der Waals surface area contributed by atoms with E-state index in [9.17, 15) is 0 Å². The molecule has 0 amide bonds. The number of aromatic nitrogens is 2. The number of nitrogens with zero attached hydrogens (tertiary/aromatic N) is 3. The van der Waals surface area contributed by atoms with Crippen molar-refractivity contribution in [2.75, 3.05) is 0 Å². The lowest BCUT2D eigenvalue weighted by Gasteiger charge is -2.14. The Kier molecular flexibility index (Phi) is 3.56. The Morgan fingerprint density at radius 2 is 1.76 bits per heavy atom. The standard InChI is InChI=1S/C12H19N5/c1-8-9-6-4-2-3-5-7-10(9)16-12(15-8)17-11(13)14/h2-7H2,1H3,(H4,13,14,15,16,17). The van der Waals surface area contributed by atoms with E-state index in [2.05, 4.69) is 15.0 Å². The zero-order valence-electron chi connectivity index (χ0n) is 10.2. The molecule has 1 aromatic rings. The van der Waals surface area contributed by atoms with E-state index in [0.717, 1.165) is 24.2 Å². The van der Waals surface area contributed by atoms with Crippen molar-refractivity contribution in [3.63, 3.8) is 0 Å². The van der Waals surface area contributed by atoms with Gasteiger partial charge in [0.15, 0.2) is 5.96 Å². The number of hydrogen-bond donors (Lipinski definition) is 2. The first-order chi connectivity index (χ1) is 8.16. The van der Waals surface area contributed by atoms with Crippen LogP contribution in [0.15, 0.2) is 4.99 Å². The molecule has 1 aliphatic rings. The highest BCUT2D eigenvalue weighted by atomic mass is 15.1. The van der Waals surface area contributed by atoms with Crippen molar-refractivity contribution < 1.29 is 0 Å². The second kappa shape index (κ2) is 5.12. The first-order valence-corrected chi connectivity index (χ1v) is 6.13. The van der Waals surface area contributed by atoms with Crippen molar-refractivity contribution in [1.29, 1.82) is 0 Å². The lowest BCUT2D eigenvalue weighted by atomic mass is 9.96. The van der Waals surface area contributed by atoms with Crippen LogP contribution in [0.4, 0.5) is 5.95 Å². The molecular weight excluding hydrogens is 214 g/mol. The molecule has 0 bridgehead atoms. The largest absolute Gasteiger partial charge is 0.370 e. The molecule has 0 fully saturated rings. The summed E-state index contributed by atoms with van der Waals surface area (Å²) >= 11 is 0. The molecule has 0 radical (unpaired) electrons. The van der Waals surface area contributed by atoms with E-state index in [1.807, 2.05) is 6.92 Å². The molecule has 92 valence electrons. The fourth-order valence-corrected chi connectivity index (χ4v) is 2.28. The highest BCUT2D eigenvalue weighted by Gasteiger charge is 2.13. The van der Waals surface area contributed by atoms with Crippen LogP contribution in [0.2, 0.25) is 0 Å². The molecule has 2 rings (SSSR count). The first kappa shape index (κ1) is 11.8. The van der Waals surface area contributed by atoms with E-state index in [0.29, 0.717) is 5.95 Å². The van der Waals surface area contributed by atoms with Crippen LogP contribution >= 0.6 is 0 Å². The van der Waals surface area contributed by atoms with Gasteiger partial charge in [0, 0.05) is 11.4 Å². The molecule has 5 nitrogen and oxygen atoms in total. The van der Waals surface area contributed by atoms with Crippen molar-refractivity contribution in [3.8, 4) is 0 Å². The number of aliphatic imine (C=N–C) groups is 1. The summed E-state index contributed by atoms with van der Waals surface area (Å²) in [6.07, 6.45) is 7.06. The quantitative estimate of drug-likeness (QED) is 0.566. The molecule has 17 heavy (non-hydrogen) atoms. The fraction of sp³-hybridized carbons (Fsp3) is 0.583. The van der Waals surface area contributed by atoms with Crippen LogP contribution in [0.25, 0.3) is 0 Å². The molecule has 1 heterocycles. The summed E-state index contributed by atoms with van der Waals surface area (Å²) in [6, 6.07) is 0. The molecule has 0 aliphatic heterocycles. The van der Waals surface area contributed by atoms with Crippen LogP contribution in [-0.2, 0) is 12.8 Å². The summed E-state index contributed by atoms with van der Waals surface area (Å²) in [5.41, 5.74) is 14.1. The van der Waals surface area contributed by atoms with Gasteiger partial charge >= 0.3 is 0 Å². The minimum absolute atomic E-state index is 0.00944. The number of aryl methyl sites for hydroxylation is 2. The van der Waals surface area contributed by atoms with Gasteiger partial charge in [-0.3, -0.25) is 0 Å². The second-order valence-corrected chi connectivity index (χ2v) is 4.49. The summed E-state index contributed by atoms with van der Waals surface area (Å²) in [5, 5.41) is 0. The number of hydrogen-bond acceptors (Lipinski definition) is 3. The minimum atomic E-state index is 0.00944. The van der Waals surface area contributed by atoms with Gasteiger partial charge in [0.2, 0.25) is 0 Å². The van der Waals surface area contributed by atoms with Crippen molar-refractivity contribution in [2.45, 2.75) is 45.4 Å². The monoisotopic (exact) mass is 233 g/mol. The predicted octanol–water partition coefficient (Wildman–Crippen LogP) is 1.35. The van der Waals surface area contributed by atoms with E-state index in [-0.39, 0.29) is 5.96 Å². The van der Waals surface area contributed by atoms with Gasteiger partial charge in [-0.1, -0.05) is 12.8 Å². The van der Waals surface area contributed by atoms with Gasteiger partial charge in [0.25, 0.3) is 5.95 Å². The molecule has 0 spiro atoms. The van der Waals surface area contributed by atoms with E-state index in [4.69, 9.17) is 11.5 Å². The van der Waals surface area contributed by atoms with Crippen LogP contribution in [0.3, 0.4) is 0 Å². The van der Waals surface area contributed by atoms with Gasteiger partial charge in [0.05, 0.1) is 0 Å². The van der Waals surface area contributed by atoms with Crippen LogP contribution in [-0.4, -0.2) is 15.9 Å². The van der Waals surface area contributed by atoms with Gasteiger partial charge < -0.3 is 11.5 Å². The fourth-order valence-electron chi connectivity index (χ4n) is 2.28. The molecule has 0 atom stereocenters. The average Bonchev–Trinajstić information content (AvgIpc) is 2.19. The second-order valence-electron chi connectivity index (χ2n) is 4.49. The third-order valence-corrected chi connectivity index (χ3v) is 3.11. The zero-order valence-corrected chi connectivity index (χ0v) is 10.2. The number of guanidine groups is 1. The highest BCUT2D eigenvalue weighted by molar-refractivity contribution is 5.77. The van der Waals surface area contributed by atoms with E-state index in [1.165, 1.54) is 31.2 Å². The van der Waals surface area contributed by atoms with Crippen LogP contribution in [0.5, 0.6) is 0 Å². The third kappa shape index (κ3) is 2.93. The Balaban J connectivity index is 2.39. The smallest absolute Gasteiger partial charge is 0.253 e. The lowest BCUT2D eigenvalue weighted by Crippen LogP contribution is -2.22. The summed E-state index contributed by atoms with van der Waals surface area (Å²) in [5.74, 6) is 0.400. The Labute approximate surface area is 101 Å². The summed E-state index contributed by atoms with van der Waals surface area (Å²) in [4.78, 5) is 12.7. The summed E-state index contributed by atoms with van der Waals surface area (Å²) in [7, 11) is 0. The Hall–Kier alpha value is -1.65. The molecule has 0 saturated heterocycles. The van der Waals surface area contributed by atoms with Crippen molar-refractivity contribution in [1.82, 2.24) is 9.97 Å². The molecule has 4 N–H and O–H groups in total. The van der Waals surface area contributed by atoms with Crippen LogP contribution in [0.1, 0.15) is 42.6 Å². The SMILES string of the molecule is Cc1nc(N=C(N)N)nc2c1CCCCCC2. The van der Waals surface area contributed by atoms with Gasteiger partial charge in [0.1, 0.15) is 0 Å². The Morgan fingerprint density at radius 3 is 2.47 bits per heavy atom. The van der Waals surface area contributed by atoms with Gasteiger partial charge in [-0.25, -0.2) is 9.97 Å². The minimum Gasteiger partial charge on any atom is -0.370 e. The summed E-state index contributed by atoms with van der Waals surface area (Å²) in [6.45, 7) is 2.01. The number of nitrogens with two attached hydrogens (primary N) is 2. The van der Waals surface area contributed by atoms with E-state index >= 15 is 0 Å². The maximum atomic E-state index is 5.35. The van der Waals surface area contributed by atoms with E-state index in [1.54, 1.807) is 0 Å². The molecule has 0 aromatic carbocycles. The van der Waals surface area contributed by atoms with Gasteiger partial charge in [-0.15, -0.1) is 0 Å². The Morgan fingerprint density at radius 1 is 1.06 bits per heavy atom. The normalized spacial score (nSPS) is 15.6. The molecule has 5 heteroatoms. The molecule has 1 aromatic heterocycles. The van der Waals surface area contributed by atoms with E-state index < -0.39 is 0 Å². The van der Waals surface area contributed by atoms with Gasteiger partial charge in [-0.2, -0.15) is 4.99 Å². The van der Waals surface area contributed by atoms with Crippen LogP contribution < -0.4 is 11.5 Å². The summed E-state index contributed by atoms with van der Waals surface area (Å²) < 4.78 is 0. The van der Waals surface area contributed by atoms with Crippen molar-refractivity contribution >= 4 is 11.9 Å². The maximum absolute atomic E-state index is 5.35. The Bertz CT molecular complexity index is 435. The number of rotatable bonds is 1. The topological polar surface area (TPSA) is 90.2 Å². The zero-order chi connectivity index (χ0) is 12.3. The predicted molar refractivity (Wildman–Crippen MR) is 68.1 cm³/mol. The van der Waals surface area contributed by atoms with Crippen molar-refractivity contribution in [2.24, 2.45) is 16.5 Å².